The van der Waals surface area contributed by atoms with Gasteiger partial charge in [0.2, 0.25) is 0 Å². The molecule has 0 N–H and O–H groups in total. The molecule has 0 heterocycles. The summed E-state index contributed by atoms with van der Waals surface area (Å²) in [7, 11) is 0. The van der Waals surface area contributed by atoms with Crippen molar-refractivity contribution in [2.24, 2.45) is 0 Å². The second-order valence-corrected chi connectivity index (χ2v) is 3.61. The number of halogens is 2. The highest BCUT2D eigenvalue weighted by Crippen LogP contribution is 2.06. The highest BCUT2D eigenvalue weighted by Gasteiger charge is 2.16. The highest BCUT2D eigenvalue weighted by molar-refractivity contribution is 6.54. The fourth-order valence-corrected chi connectivity index (χ4v) is 0.755. The zero-order chi connectivity index (χ0) is 10.3. The Morgan fingerprint density at radius 2 is 2.00 bits per heavy atom. The lowest BCUT2D eigenvalue weighted by molar-refractivity contribution is -0.145. The number of alkyl halides is 2. The van der Waals surface area contributed by atoms with E-state index in [9.17, 15) is 9.59 Å². The average Bonchev–Trinajstić information content (AvgIpc) is 2.04. The second kappa shape index (κ2) is 7.15. The van der Waals surface area contributed by atoms with Crippen LogP contribution in [0.2, 0.25) is 0 Å². The van der Waals surface area contributed by atoms with Gasteiger partial charge >= 0.3 is 5.97 Å². The van der Waals surface area contributed by atoms with Crippen LogP contribution in [0.1, 0.15) is 26.2 Å². The van der Waals surface area contributed by atoms with E-state index in [1.54, 1.807) is 0 Å². The third kappa shape index (κ3) is 6.84. The molecule has 0 radical (unpaired) electrons. The molecule has 0 aliphatic carbocycles. The van der Waals surface area contributed by atoms with Gasteiger partial charge in [-0.25, -0.2) is 0 Å². The summed E-state index contributed by atoms with van der Waals surface area (Å²) in [5.74, 6) is -1.09. The van der Waals surface area contributed by atoms with E-state index < -0.39 is 16.6 Å². The van der Waals surface area contributed by atoms with E-state index >= 15 is 0 Å². The van der Waals surface area contributed by atoms with Crippen molar-refractivity contribution >= 4 is 35.0 Å². The maximum atomic E-state index is 10.9. The van der Waals surface area contributed by atoms with Gasteiger partial charge in [0.15, 0.2) is 10.6 Å². The molecule has 0 atom stereocenters. The topological polar surface area (TPSA) is 43.4 Å². The summed E-state index contributed by atoms with van der Waals surface area (Å²) in [6.45, 7) is 2.32. The number of carbonyl (C=O) groups excluding carboxylic acids is 2. The van der Waals surface area contributed by atoms with Crippen molar-refractivity contribution in [3.05, 3.63) is 0 Å². The summed E-state index contributed by atoms with van der Waals surface area (Å²) in [5, 5.41) is 0. The Hall–Kier alpha value is -0.280. The molecular formula is C8H12Cl2O3. The largest absolute Gasteiger partial charge is 0.465 e. The minimum Gasteiger partial charge on any atom is -0.465 e. The number of unbranched alkanes of at least 4 members (excludes halogenated alkanes) is 1. The Labute approximate surface area is 87.3 Å². The van der Waals surface area contributed by atoms with Gasteiger partial charge in [0.05, 0.1) is 6.61 Å². The van der Waals surface area contributed by atoms with Crippen LogP contribution in [-0.4, -0.2) is 23.2 Å². The van der Waals surface area contributed by atoms with Crippen molar-refractivity contribution in [2.75, 3.05) is 6.61 Å². The Morgan fingerprint density at radius 1 is 1.38 bits per heavy atom. The summed E-state index contributed by atoms with van der Waals surface area (Å²) in [6, 6.07) is 0. The van der Waals surface area contributed by atoms with Crippen molar-refractivity contribution in [1.82, 2.24) is 0 Å². The molecule has 0 spiro atoms. The minimum atomic E-state index is -1.14. The molecule has 0 aromatic heterocycles. The van der Waals surface area contributed by atoms with Gasteiger partial charge in [-0.05, 0) is 6.42 Å². The molecule has 0 saturated heterocycles. The maximum absolute atomic E-state index is 10.9. The number of hydrogen-bond donors (Lipinski definition) is 0. The van der Waals surface area contributed by atoms with Gasteiger partial charge < -0.3 is 4.74 Å². The second-order valence-electron chi connectivity index (χ2n) is 2.52. The number of carbonyl (C=O) groups is 2. The first-order valence-corrected chi connectivity index (χ1v) is 4.91. The van der Waals surface area contributed by atoms with E-state index in [0.717, 1.165) is 12.8 Å². The van der Waals surface area contributed by atoms with Crippen LogP contribution >= 0.6 is 23.2 Å². The lowest BCUT2D eigenvalue weighted by atomic mass is 10.3. The third-order valence-electron chi connectivity index (χ3n) is 1.32. The summed E-state index contributed by atoms with van der Waals surface area (Å²) in [5.41, 5.74) is 0. The van der Waals surface area contributed by atoms with Gasteiger partial charge in [0.25, 0.3) is 0 Å². The normalized spacial score (nSPS) is 10.2. The first-order chi connectivity index (χ1) is 6.07. The number of ether oxygens (including phenoxy) is 1. The van der Waals surface area contributed by atoms with Crippen LogP contribution in [0.5, 0.6) is 0 Å². The lowest BCUT2D eigenvalue weighted by Gasteiger charge is -2.03. The standard InChI is InChI=1S/C8H12Cl2O3/c1-2-3-4-13-7(12)5-6(11)8(9)10/h8H,2-5H2,1H3. The van der Waals surface area contributed by atoms with Crippen molar-refractivity contribution in [3.8, 4) is 0 Å². The quantitative estimate of drug-likeness (QED) is 0.302. The van der Waals surface area contributed by atoms with Crippen LogP contribution in [-0.2, 0) is 14.3 Å². The Bertz CT molecular complexity index is 180. The predicted octanol–water partition coefficient (Wildman–Crippen LogP) is 2.09. The van der Waals surface area contributed by atoms with E-state index in [1.165, 1.54) is 0 Å². The molecule has 0 bridgehead atoms. The van der Waals surface area contributed by atoms with Gasteiger partial charge in [-0.1, -0.05) is 36.5 Å². The van der Waals surface area contributed by atoms with Crippen molar-refractivity contribution < 1.29 is 14.3 Å². The summed E-state index contributed by atoms with van der Waals surface area (Å²) in [4.78, 5) is 20.6. The fourth-order valence-electron chi connectivity index (χ4n) is 0.601. The molecule has 13 heavy (non-hydrogen) atoms. The number of ketones is 1. The van der Waals surface area contributed by atoms with E-state index in [-0.39, 0.29) is 6.42 Å². The average molecular weight is 227 g/mol. The number of esters is 1. The number of Topliss-reactive ketones (excluding diaryl/α,β-unsaturated/α-hetero) is 1. The van der Waals surface area contributed by atoms with E-state index in [2.05, 4.69) is 0 Å². The first-order valence-electron chi connectivity index (χ1n) is 4.04. The molecule has 0 aromatic rings. The van der Waals surface area contributed by atoms with Gasteiger partial charge in [-0.15, -0.1) is 0 Å². The van der Waals surface area contributed by atoms with Crippen LogP contribution in [0.3, 0.4) is 0 Å². The summed E-state index contributed by atoms with van der Waals surface area (Å²) in [6.07, 6.45) is 1.39. The summed E-state index contributed by atoms with van der Waals surface area (Å²) >= 11 is 10.5. The smallest absolute Gasteiger partial charge is 0.313 e. The maximum Gasteiger partial charge on any atom is 0.313 e. The van der Waals surface area contributed by atoms with Gasteiger partial charge in [0.1, 0.15) is 6.42 Å². The van der Waals surface area contributed by atoms with E-state index in [1.807, 2.05) is 6.92 Å². The van der Waals surface area contributed by atoms with Crippen molar-refractivity contribution in [1.29, 1.82) is 0 Å². The van der Waals surface area contributed by atoms with Gasteiger partial charge in [0, 0.05) is 0 Å². The Kier molecular flexibility index (Phi) is 7.00. The zero-order valence-electron chi connectivity index (χ0n) is 7.39. The van der Waals surface area contributed by atoms with Crippen LogP contribution in [0, 0.1) is 0 Å². The number of rotatable bonds is 6. The molecule has 0 aliphatic rings. The molecule has 0 aliphatic heterocycles. The molecule has 0 amide bonds. The number of hydrogen-bond acceptors (Lipinski definition) is 3. The lowest BCUT2D eigenvalue weighted by Crippen LogP contribution is -2.16. The van der Waals surface area contributed by atoms with Gasteiger partial charge in [-0.2, -0.15) is 0 Å². The Balaban J connectivity index is 3.56. The molecule has 0 unspecified atom stereocenters. The molecule has 5 heteroatoms. The van der Waals surface area contributed by atoms with Crippen LogP contribution in [0.15, 0.2) is 0 Å². The minimum absolute atomic E-state index is 0.345. The van der Waals surface area contributed by atoms with Crippen LogP contribution in [0.25, 0.3) is 0 Å². The van der Waals surface area contributed by atoms with Gasteiger partial charge in [-0.3, -0.25) is 9.59 Å². The fraction of sp³-hybridized carbons (Fsp3) is 0.750. The molecule has 3 nitrogen and oxygen atoms in total. The molecule has 0 fully saturated rings. The zero-order valence-corrected chi connectivity index (χ0v) is 8.90. The predicted molar refractivity (Wildman–Crippen MR) is 51.0 cm³/mol. The Morgan fingerprint density at radius 3 is 2.46 bits per heavy atom. The van der Waals surface area contributed by atoms with Crippen molar-refractivity contribution in [2.45, 2.75) is 31.0 Å². The van der Waals surface area contributed by atoms with E-state index in [4.69, 9.17) is 27.9 Å². The monoisotopic (exact) mass is 226 g/mol. The van der Waals surface area contributed by atoms with Crippen LogP contribution in [0.4, 0.5) is 0 Å². The highest BCUT2D eigenvalue weighted by atomic mass is 35.5. The van der Waals surface area contributed by atoms with E-state index in [0.29, 0.717) is 6.61 Å². The summed E-state index contributed by atoms with van der Waals surface area (Å²) < 4.78 is 4.73. The molecule has 0 saturated carbocycles. The molecule has 0 rings (SSSR count). The van der Waals surface area contributed by atoms with Crippen molar-refractivity contribution in [3.63, 3.8) is 0 Å². The van der Waals surface area contributed by atoms with Crippen LogP contribution < -0.4 is 0 Å². The third-order valence-corrected chi connectivity index (χ3v) is 1.81. The first kappa shape index (κ1) is 12.7. The molecule has 0 aromatic carbocycles. The SMILES string of the molecule is CCCCOC(=O)CC(=O)C(Cl)Cl. The molecule has 76 valence electrons. The molecular weight excluding hydrogens is 215 g/mol.